The highest BCUT2D eigenvalue weighted by molar-refractivity contribution is 9.09. The molecule has 1 aliphatic heterocycles. The van der Waals surface area contributed by atoms with Gasteiger partial charge in [0, 0.05) is 25.0 Å². The first-order valence-corrected chi connectivity index (χ1v) is 8.22. The summed E-state index contributed by atoms with van der Waals surface area (Å²) in [5.41, 5.74) is 0.533. The van der Waals surface area contributed by atoms with E-state index in [1.165, 1.54) is 51.5 Å². The molecule has 0 bridgehead atoms. The molecule has 0 amide bonds. The Kier molecular flexibility index (Phi) is 5.31. The van der Waals surface area contributed by atoms with Crippen molar-refractivity contribution in [2.45, 2.75) is 51.0 Å². The first-order chi connectivity index (χ1) is 8.24. The second-order valence-corrected chi connectivity index (χ2v) is 6.59. The molecule has 1 atom stereocenters. The molecule has 17 heavy (non-hydrogen) atoms. The first-order valence-electron chi connectivity index (χ1n) is 7.10. The summed E-state index contributed by atoms with van der Waals surface area (Å²) in [7, 11) is 2.26. The van der Waals surface area contributed by atoms with Crippen molar-refractivity contribution < 1.29 is 4.74 Å². The van der Waals surface area contributed by atoms with Crippen molar-refractivity contribution in [2.75, 3.05) is 32.1 Å². The minimum absolute atomic E-state index is 0.496. The van der Waals surface area contributed by atoms with E-state index in [1.807, 2.05) is 0 Å². The van der Waals surface area contributed by atoms with Crippen LogP contribution < -0.4 is 0 Å². The molecule has 1 heterocycles. The molecule has 1 saturated heterocycles. The molecule has 2 fully saturated rings. The van der Waals surface area contributed by atoms with Crippen LogP contribution in [0.1, 0.15) is 44.9 Å². The lowest BCUT2D eigenvalue weighted by Gasteiger charge is -2.39. The maximum absolute atomic E-state index is 5.73. The lowest BCUT2D eigenvalue weighted by Crippen LogP contribution is -2.41. The summed E-state index contributed by atoms with van der Waals surface area (Å²) in [6, 6.07) is 0. The summed E-state index contributed by atoms with van der Waals surface area (Å²) in [6.07, 6.45) is 10.1. The molecule has 0 aromatic rings. The van der Waals surface area contributed by atoms with E-state index in [4.69, 9.17) is 4.74 Å². The number of halogens is 1. The van der Waals surface area contributed by atoms with Gasteiger partial charge in [-0.15, -0.1) is 0 Å². The SMILES string of the molecule is CN(CC1CCCO1)CC1(CBr)CCCCC1. The van der Waals surface area contributed by atoms with Crippen LogP contribution in [0.25, 0.3) is 0 Å². The van der Waals surface area contributed by atoms with Gasteiger partial charge in [-0.3, -0.25) is 0 Å². The van der Waals surface area contributed by atoms with Crippen LogP contribution in [0.2, 0.25) is 0 Å². The lowest BCUT2D eigenvalue weighted by atomic mass is 9.75. The summed E-state index contributed by atoms with van der Waals surface area (Å²) in [5.74, 6) is 0. The van der Waals surface area contributed by atoms with E-state index in [1.54, 1.807) is 0 Å². The van der Waals surface area contributed by atoms with Crippen molar-refractivity contribution in [1.82, 2.24) is 4.90 Å². The van der Waals surface area contributed by atoms with E-state index in [0.29, 0.717) is 11.5 Å². The Hall–Kier alpha value is 0.400. The van der Waals surface area contributed by atoms with Gasteiger partial charge in [-0.05, 0) is 38.1 Å². The van der Waals surface area contributed by atoms with Crippen LogP contribution in [0.15, 0.2) is 0 Å². The van der Waals surface area contributed by atoms with Crippen molar-refractivity contribution in [1.29, 1.82) is 0 Å². The van der Waals surface area contributed by atoms with Gasteiger partial charge in [0.15, 0.2) is 0 Å². The van der Waals surface area contributed by atoms with Crippen molar-refractivity contribution in [3.63, 3.8) is 0 Å². The number of ether oxygens (including phenoxy) is 1. The quantitative estimate of drug-likeness (QED) is 0.721. The third-order valence-electron chi connectivity index (χ3n) is 4.34. The molecule has 0 spiro atoms. The highest BCUT2D eigenvalue weighted by Gasteiger charge is 2.32. The molecule has 1 unspecified atom stereocenters. The second-order valence-electron chi connectivity index (χ2n) is 6.03. The van der Waals surface area contributed by atoms with E-state index in [9.17, 15) is 0 Å². The topological polar surface area (TPSA) is 12.5 Å². The van der Waals surface area contributed by atoms with E-state index >= 15 is 0 Å². The number of nitrogens with zero attached hydrogens (tertiary/aromatic N) is 1. The van der Waals surface area contributed by atoms with Crippen LogP contribution >= 0.6 is 15.9 Å². The van der Waals surface area contributed by atoms with E-state index in [0.717, 1.165) is 18.5 Å². The van der Waals surface area contributed by atoms with Crippen molar-refractivity contribution in [2.24, 2.45) is 5.41 Å². The molecule has 2 aliphatic rings. The highest BCUT2D eigenvalue weighted by Crippen LogP contribution is 2.38. The van der Waals surface area contributed by atoms with E-state index in [2.05, 4.69) is 27.9 Å². The Balaban J connectivity index is 1.80. The van der Waals surface area contributed by atoms with Crippen LogP contribution in [-0.4, -0.2) is 43.1 Å². The van der Waals surface area contributed by atoms with Gasteiger partial charge >= 0.3 is 0 Å². The minimum Gasteiger partial charge on any atom is -0.377 e. The van der Waals surface area contributed by atoms with Gasteiger partial charge < -0.3 is 9.64 Å². The molecule has 100 valence electrons. The van der Waals surface area contributed by atoms with Crippen LogP contribution in [0.4, 0.5) is 0 Å². The summed E-state index contributed by atoms with van der Waals surface area (Å²) in [5, 5.41) is 1.16. The average molecular weight is 304 g/mol. The Morgan fingerprint density at radius 3 is 2.59 bits per heavy atom. The molecule has 1 aliphatic carbocycles. The van der Waals surface area contributed by atoms with Gasteiger partial charge in [0.05, 0.1) is 6.10 Å². The monoisotopic (exact) mass is 303 g/mol. The van der Waals surface area contributed by atoms with Gasteiger partial charge in [-0.25, -0.2) is 0 Å². The Morgan fingerprint density at radius 2 is 2.00 bits per heavy atom. The zero-order valence-electron chi connectivity index (χ0n) is 11.1. The number of hydrogen-bond acceptors (Lipinski definition) is 2. The maximum atomic E-state index is 5.73. The van der Waals surface area contributed by atoms with Crippen LogP contribution in [-0.2, 0) is 4.74 Å². The summed E-state index contributed by atoms with van der Waals surface area (Å²) in [6.45, 7) is 3.33. The molecule has 2 rings (SSSR count). The summed E-state index contributed by atoms with van der Waals surface area (Å²) < 4.78 is 5.73. The van der Waals surface area contributed by atoms with Gasteiger partial charge in [0.1, 0.15) is 0 Å². The van der Waals surface area contributed by atoms with Gasteiger partial charge in [-0.1, -0.05) is 35.2 Å². The molecule has 0 N–H and O–H groups in total. The molecule has 1 saturated carbocycles. The van der Waals surface area contributed by atoms with Crippen LogP contribution in [0, 0.1) is 5.41 Å². The fourth-order valence-electron chi connectivity index (χ4n) is 3.41. The first kappa shape index (κ1) is 13.8. The molecule has 2 nitrogen and oxygen atoms in total. The van der Waals surface area contributed by atoms with Gasteiger partial charge in [0.2, 0.25) is 0 Å². The van der Waals surface area contributed by atoms with Crippen LogP contribution in [0.3, 0.4) is 0 Å². The predicted octanol–water partition coefficient (Wildman–Crippen LogP) is 3.44. The zero-order chi connectivity index (χ0) is 12.1. The smallest absolute Gasteiger partial charge is 0.0702 e. The van der Waals surface area contributed by atoms with Crippen molar-refractivity contribution in [3.05, 3.63) is 0 Å². The molecule has 3 heteroatoms. The normalized spacial score (nSPS) is 28.8. The Morgan fingerprint density at radius 1 is 1.24 bits per heavy atom. The fraction of sp³-hybridized carbons (Fsp3) is 1.00. The zero-order valence-corrected chi connectivity index (χ0v) is 12.7. The maximum Gasteiger partial charge on any atom is 0.0702 e. The Bertz CT molecular complexity index is 222. The third-order valence-corrected chi connectivity index (χ3v) is 5.53. The average Bonchev–Trinajstić information content (AvgIpc) is 2.83. The fourth-order valence-corrected chi connectivity index (χ4v) is 4.15. The number of likely N-dealkylation sites (N-methyl/N-ethyl adjacent to an activating group) is 1. The molecule has 0 radical (unpaired) electrons. The lowest BCUT2D eigenvalue weighted by molar-refractivity contribution is 0.0608. The number of rotatable bonds is 5. The second kappa shape index (κ2) is 6.53. The molecular weight excluding hydrogens is 278 g/mol. The minimum atomic E-state index is 0.496. The predicted molar refractivity (Wildman–Crippen MR) is 75.8 cm³/mol. The standard InChI is InChI=1S/C14H26BrNO/c1-16(10-13-6-5-9-17-13)12-14(11-15)7-3-2-4-8-14/h13H,2-12H2,1H3. The van der Waals surface area contributed by atoms with E-state index < -0.39 is 0 Å². The largest absolute Gasteiger partial charge is 0.377 e. The summed E-state index contributed by atoms with van der Waals surface area (Å²) >= 11 is 3.75. The number of hydrogen-bond donors (Lipinski definition) is 0. The number of alkyl halides is 1. The molecule has 0 aromatic heterocycles. The van der Waals surface area contributed by atoms with Crippen LogP contribution in [0.5, 0.6) is 0 Å². The summed E-state index contributed by atoms with van der Waals surface area (Å²) in [4.78, 5) is 2.50. The Labute approximate surface area is 114 Å². The van der Waals surface area contributed by atoms with E-state index in [-0.39, 0.29) is 0 Å². The van der Waals surface area contributed by atoms with Crippen molar-refractivity contribution in [3.8, 4) is 0 Å². The molecule has 0 aromatic carbocycles. The molecular formula is C14H26BrNO. The highest BCUT2D eigenvalue weighted by atomic mass is 79.9. The van der Waals surface area contributed by atoms with Gasteiger partial charge in [0.25, 0.3) is 0 Å². The van der Waals surface area contributed by atoms with Gasteiger partial charge in [-0.2, -0.15) is 0 Å². The van der Waals surface area contributed by atoms with Crippen molar-refractivity contribution >= 4 is 15.9 Å². The third kappa shape index (κ3) is 3.93.